The molecule has 0 fully saturated rings. The van der Waals surface area contributed by atoms with Gasteiger partial charge in [0.05, 0.1) is 22.9 Å². The van der Waals surface area contributed by atoms with Crippen molar-refractivity contribution in [2.24, 2.45) is 5.41 Å². The molecule has 0 saturated heterocycles. The maximum Gasteiger partial charge on any atom is 0.303 e. The van der Waals surface area contributed by atoms with Gasteiger partial charge in [-0.25, -0.2) is 22.2 Å². The number of thiazole rings is 1. The number of hydrogen-bond acceptors (Lipinski definition) is 6. The molecule has 4 heterocycles. The Kier molecular flexibility index (Phi) is 10.6. The summed E-state index contributed by atoms with van der Waals surface area (Å²) in [5, 5.41) is 12.8. The number of ether oxygens (including phenoxy) is 1. The maximum absolute atomic E-state index is 15.9. The number of aryl methyl sites for hydroxylation is 1. The third-order valence-electron chi connectivity index (χ3n) is 10.2. The molecule has 2 N–H and O–H groups in total. The molecule has 4 atom stereocenters. The Morgan fingerprint density at radius 3 is 2.84 bits per heavy atom. The normalized spacial score (nSPS) is 26.7. The minimum atomic E-state index is -3.54. The van der Waals surface area contributed by atoms with Crippen LogP contribution in [0, 0.1) is 11.2 Å². The summed E-state index contributed by atoms with van der Waals surface area (Å²) in [6.07, 6.45) is 11.5. The van der Waals surface area contributed by atoms with Crippen molar-refractivity contribution in [2.45, 2.75) is 95.8 Å². The number of hydrogen-bond donors (Lipinski definition) is 2. The second-order valence-electron chi connectivity index (χ2n) is 14.6. The van der Waals surface area contributed by atoms with E-state index in [0.717, 1.165) is 41.1 Å². The number of carboxylic acid groups (broad SMARTS) is 1. The van der Waals surface area contributed by atoms with Gasteiger partial charge >= 0.3 is 5.97 Å². The molecule has 0 spiro atoms. The Bertz CT molecular complexity index is 1930. The molecule has 49 heavy (non-hydrogen) atoms. The van der Waals surface area contributed by atoms with Gasteiger partial charge in [0.2, 0.25) is 0 Å². The zero-order valence-electron chi connectivity index (χ0n) is 28.3. The first-order valence-electron chi connectivity index (χ1n) is 17.0. The van der Waals surface area contributed by atoms with Crippen LogP contribution in [0.1, 0.15) is 94.1 Å². The zero-order valence-corrected chi connectivity index (χ0v) is 30.9. The van der Waals surface area contributed by atoms with Crippen molar-refractivity contribution in [1.82, 2.24) is 9.97 Å². The van der Waals surface area contributed by atoms with Crippen molar-refractivity contribution in [1.29, 1.82) is 0 Å². The highest BCUT2D eigenvalue weighted by Gasteiger charge is 2.37. The van der Waals surface area contributed by atoms with Crippen LogP contribution < -0.4 is 4.74 Å². The van der Waals surface area contributed by atoms with E-state index in [1.807, 2.05) is 25.3 Å². The fourth-order valence-corrected chi connectivity index (χ4v) is 12.2. The summed E-state index contributed by atoms with van der Waals surface area (Å²) < 4.78 is 65.1. The smallest absolute Gasteiger partial charge is 0.303 e. The molecule has 6 rings (SSSR count). The number of aromatic amines is 1. The second-order valence-corrected chi connectivity index (χ2v) is 19.1. The number of fused-ring (bicyclic) bond motifs is 9. The Hall–Kier alpha value is -2.88. The van der Waals surface area contributed by atoms with Gasteiger partial charge in [0.1, 0.15) is 16.9 Å². The Labute approximate surface area is 293 Å². The molecule has 3 aliphatic rings. The third-order valence-corrected chi connectivity index (χ3v) is 15.0. The number of alkyl halides is 1. The number of benzene rings is 1. The summed E-state index contributed by atoms with van der Waals surface area (Å²) in [7, 11) is -3.42. The number of carboxylic acids is 1. The Morgan fingerprint density at radius 2 is 2.04 bits per heavy atom. The van der Waals surface area contributed by atoms with E-state index in [1.165, 1.54) is 17.4 Å². The fraction of sp³-hybridized carbons (Fsp3) is 0.514. The number of allylic oxidation sites excluding steroid dienone is 6. The van der Waals surface area contributed by atoms with Crippen LogP contribution in [0.25, 0.3) is 10.9 Å². The van der Waals surface area contributed by atoms with Crippen molar-refractivity contribution in [2.75, 3.05) is 17.7 Å². The van der Waals surface area contributed by atoms with E-state index in [-0.39, 0.29) is 45.1 Å². The van der Waals surface area contributed by atoms with E-state index in [9.17, 15) is 18.3 Å². The summed E-state index contributed by atoms with van der Waals surface area (Å²) in [6.45, 7) is 6.11. The minimum Gasteiger partial charge on any atom is -0.481 e. The molecule has 4 unspecified atom stereocenters. The number of H-pyrrole nitrogens is 1. The van der Waals surface area contributed by atoms with E-state index >= 15 is 8.78 Å². The maximum atomic E-state index is 15.9. The third kappa shape index (κ3) is 8.20. The molecule has 3 aromatic rings. The quantitative estimate of drug-likeness (QED) is 0.259. The van der Waals surface area contributed by atoms with Crippen molar-refractivity contribution < 1.29 is 31.8 Å². The van der Waals surface area contributed by atoms with E-state index in [0.29, 0.717) is 47.6 Å². The molecule has 2 aliphatic heterocycles. The lowest BCUT2D eigenvalue weighted by molar-refractivity contribution is -0.136. The molecular formula is C37H45F2N2O5PS2. The van der Waals surface area contributed by atoms with Gasteiger partial charge in [-0.3, -0.25) is 4.79 Å². The first kappa shape index (κ1) is 35.9. The van der Waals surface area contributed by atoms with Gasteiger partial charge in [0.25, 0.3) is 0 Å². The number of aromatic nitrogens is 2. The van der Waals surface area contributed by atoms with Crippen LogP contribution in [0.5, 0.6) is 5.75 Å². The lowest BCUT2D eigenvalue weighted by Gasteiger charge is -2.34. The number of aliphatic carboxylic acids is 1. The van der Waals surface area contributed by atoms with Gasteiger partial charge in [-0.1, -0.05) is 38.0 Å². The van der Waals surface area contributed by atoms with E-state index in [1.54, 1.807) is 12.3 Å². The van der Waals surface area contributed by atoms with Gasteiger partial charge in [-0.05, 0) is 68.6 Å². The number of carbonyl (C=O) groups is 1. The average Bonchev–Trinajstić information content (AvgIpc) is 3.68. The van der Waals surface area contributed by atoms with Crippen molar-refractivity contribution in [3.63, 3.8) is 0 Å². The summed E-state index contributed by atoms with van der Waals surface area (Å²) in [5.41, 5.74) is 2.63. The van der Waals surface area contributed by atoms with Crippen molar-refractivity contribution in [3.8, 4) is 5.75 Å². The molecule has 1 aliphatic carbocycles. The van der Waals surface area contributed by atoms with Gasteiger partial charge in [0.15, 0.2) is 21.4 Å². The van der Waals surface area contributed by atoms with Crippen LogP contribution in [0.2, 0.25) is 0 Å². The Morgan fingerprint density at radius 1 is 1.22 bits per heavy atom. The zero-order chi connectivity index (χ0) is 35.0. The van der Waals surface area contributed by atoms with Crippen LogP contribution >= 0.6 is 19.9 Å². The number of halogens is 2. The van der Waals surface area contributed by atoms with Crippen LogP contribution in [-0.2, 0) is 26.5 Å². The second kappa shape index (κ2) is 14.4. The highest BCUT2D eigenvalue weighted by Crippen LogP contribution is 2.48. The molecular weight excluding hydrogens is 686 g/mol. The molecule has 4 bridgehead atoms. The van der Waals surface area contributed by atoms with Gasteiger partial charge in [0, 0.05) is 58.5 Å². The average molecular weight is 731 g/mol. The SMILES string of the molecule is CC1(C)CCCC(C)(C2=CCCC(CCC(=O)O)=C2)c2csc(n2)C2PCC(=CCC2F)Oc2c(F)cc3[nH]ccc3c2CCS(=O)(=O)C1. The molecule has 2 aromatic heterocycles. The molecule has 7 nitrogen and oxygen atoms in total. The molecule has 12 heteroatoms. The number of sulfone groups is 1. The number of nitrogens with one attached hydrogen (secondary N) is 1. The molecule has 0 saturated carbocycles. The van der Waals surface area contributed by atoms with Crippen LogP contribution in [0.4, 0.5) is 8.78 Å². The minimum absolute atomic E-state index is 0.00682. The van der Waals surface area contributed by atoms with Gasteiger partial charge in [-0.15, -0.1) is 19.9 Å². The predicted molar refractivity (Wildman–Crippen MR) is 194 cm³/mol. The highest BCUT2D eigenvalue weighted by atomic mass is 32.2. The lowest BCUT2D eigenvalue weighted by Crippen LogP contribution is -2.29. The molecule has 0 radical (unpaired) electrons. The van der Waals surface area contributed by atoms with Crippen molar-refractivity contribution in [3.05, 3.63) is 80.9 Å². The molecule has 0 amide bonds. The van der Waals surface area contributed by atoms with E-state index in [2.05, 4.69) is 24.1 Å². The van der Waals surface area contributed by atoms with Gasteiger partial charge in [-0.2, -0.15) is 0 Å². The summed E-state index contributed by atoms with van der Waals surface area (Å²) >= 11 is 1.47. The first-order chi connectivity index (χ1) is 23.2. The van der Waals surface area contributed by atoms with E-state index in [4.69, 9.17) is 9.72 Å². The summed E-state index contributed by atoms with van der Waals surface area (Å²) in [5.74, 6) is -1.08. The van der Waals surface area contributed by atoms with Gasteiger partial charge < -0.3 is 14.8 Å². The Balaban J connectivity index is 1.37. The van der Waals surface area contributed by atoms with Crippen LogP contribution in [0.15, 0.2) is 58.8 Å². The number of rotatable bonds is 4. The number of nitrogens with zero attached hydrogens (tertiary/aromatic N) is 1. The fourth-order valence-electron chi connectivity index (χ4n) is 7.46. The van der Waals surface area contributed by atoms with Crippen LogP contribution in [0.3, 0.4) is 0 Å². The summed E-state index contributed by atoms with van der Waals surface area (Å²) in [6, 6.07) is 3.17. The monoisotopic (exact) mass is 730 g/mol. The molecule has 1 aromatic carbocycles. The first-order valence-corrected chi connectivity index (χ1v) is 21.0. The predicted octanol–water partition coefficient (Wildman–Crippen LogP) is 9.12. The molecule has 264 valence electrons. The largest absolute Gasteiger partial charge is 0.481 e. The highest BCUT2D eigenvalue weighted by molar-refractivity contribution is 7.91. The topological polar surface area (TPSA) is 109 Å². The van der Waals surface area contributed by atoms with Crippen LogP contribution in [-0.4, -0.2) is 53.3 Å². The lowest BCUT2D eigenvalue weighted by atomic mass is 9.71. The summed E-state index contributed by atoms with van der Waals surface area (Å²) in [4.78, 5) is 19.5. The van der Waals surface area contributed by atoms with Crippen molar-refractivity contribution >= 4 is 46.6 Å². The van der Waals surface area contributed by atoms with E-state index < -0.39 is 44.3 Å². The standard InChI is InChI=1S/C37H45F2N2O5PS2/c1-36(2)14-5-15-37(3,24-7-4-6-23(18-24)8-11-32(42)43)31-21-48-35(41-31)34-28(38)10-9-25(20-47-34)46-33-27(13-17-49(44,45)22-36)26-12-16-40-30(26)19-29(33)39/h7,9,12,16,18-19,21,28,34,40,47H,4-6,8,10-11,13-15,17,20,22H2,1-3H3,(H,42,43).